The molecule has 0 spiro atoms. The Balaban J connectivity index is 1.80. The molecule has 2 aromatic rings. The lowest BCUT2D eigenvalue weighted by Crippen LogP contribution is -2.36. The van der Waals surface area contributed by atoms with E-state index in [2.05, 4.69) is 5.32 Å². The van der Waals surface area contributed by atoms with Crippen LogP contribution in [0.1, 0.15) is 28.3 Å². The topological polar surface area (TPSA) is 67.9 Å². The summed E-state index contributed by atoms with van der Waals surface area (Å²) < 4.78 is 23.6. The molecule has 0 aliphatic carbocycles. The van der Waals surface area contributed by atoms with Crippen molar-refractivity contribution in [1.82, 2.24) is 10.2 Å². The standard InChI is InChI=1S/C23H27FN2O4/c1-29-12-4-11-25-22(27)21-15-26(23(28)16-7-9-18(24)10-8-16)14-20(21)17-5-3-6-19(13-17)30-2/h3,5-10,13,20-21H,4,11-12,14-15H2,1-2H3,(H,25,27). The van der Waals surface area contributed by atoms with Gasteiger partial charge in [-0.25, -0.2) is 4.39 Å². The van der Waals surface area contributed by atoms with E-state index in [4.69, 9.17) is 9.47 Å². The quantitative estimate of drug-likeness (QED) is 0.675. The third-order valence-corrected chi connectivity index (χ3v) is 5.38. The number of hydrogen-bond acceptors (Lipinski definition) is 4. The Hall–Kier alpha value is -2.93. The number of carbonyl (C=O) groups is 2. The largest absolute Gasteiger partial charge is 0.497 e. The average molecular weight is 414 g/mol. The summed E-state index contributed by atoms with van der Waals surface area (Å²) in [6, 6.07) is 13.1. The molecule has 1 saturated heterocycles. The van der Waals surface area contributed by atoms with Crippen molar-refractivity contribution in [2.45, 2.75) is 12.3 Å². The number of nitrogens with zero attached hydrogens (tertiary/aromatic N) is 1. The highest BCUT2D eigenvalue weighted by atomic mass is 19.1. The van der Waals surface area contributed by atoms with Crippen molar-refractivity contribution in [3.8, 4) is 5.75 Å². The van der Waals surface area contributed by atoms with Crippen LogP contribution in [0.2, 0.25) is 0 Å². The number of halogens is 1. The van der Waals surface area contributed by atoms with Crippen molar-refractivity contribution in [3.05, 3.63) is 65.5 Å². The van der Waals surface area contributed by atoms with Gasteiger partial charge >= 0.3 is 0 Å². The fraction of sp³-hybridized carbons (Fsp3) is 0.391. The second kappa shape index (κ2) is 10.2. The molecular weight excluding hydrogens is 387 g/mol. The van der Waals surface area contributed by atoms with Gasteiger partial charge < -0.3 is 19.7 Å². The molecule has 0 radical (unpaired) electrons. The van der Waals surface area contributed by atoms with Crippen LogP contribution in [0.5, 0.6) is 5.75 Å². The SMILES string of the molecule is COCCCNC(=O)C1CN(C(=O)c2ccc(F)cc2)CC1c1cccc(OC)c1. The molecule has 0 saturated carbocycles. The van der Waals surface area contributed by atoms with E-state index >= 15 is 0 Å². The summed E-state index contributed by atoms with van der Waals surface area (Å²) in [5, 5.41) is 2.96. The van der Waals surface area contributed by atoms with Crippen molar-refractivity contribution in [2.75, 3.05) is 40.5 Å². The summed E-state index contributed by atoms with van der Waals surface area (Å²) in [4.78, 5) is 27.5. The van der Waals surface area contributed by atoms with E-state index in [9.17, 15) is 14.0 Å². The fourth-order valence-corrected chi connectivity index (χ4v) is 3.78. The Kier molecular flexibility index (Phi) is 7.41. The Labute approximate surface area is 176 Å². The predicted molar refractivity (Wildman–Crippen MR) is 111 cm³/mol. The van der Waals surface area contributed by atoms with Crippen LogP contribution in [0.15, 0.2) is 48.5 Å². The number of benzene rings is 2. The molecule has 6 nitrogen and oxygen atoms in total. The maximum atomic E-state index is 13.2. The number of methoxy groups -OCH3 is 2. The Morgan fingerprint density at radius 3 is 2.60 bits per heavy atom. The van der Waals surface area contributed by atoms with Crippen LogP contribution in [-0.4, -0.2) is 57.2 Å². The van der Waals surface area contributed by atoms with Gasteiger partial charge in [0.15, 0.2) is 0 Å². The first-order chi connectivity index (χ1) is 14.5. The van der Waals surface area contributed by atoms with E-state index in [1.165, 1.54) is 24.3 Å². The van der Waals surface area contributed by atoms with Gasteiger partial charge in [0.05, 0.1) is 13.0 Å². The monoisotopic (exact) mass is 414 g/mol. The van der Waals surface area contributed by atoms with Crippen molar-refractivity contribution in [1.29, 1.82) is 0 Å². The average Bonchev–Trinajstić information content (AvgIpc) is 3.22. The molecule has 30 heavy (non-hydrogen) atoms. The zero-order chi connectivity index (χ0) is 21.5. The van der Waals surface area contributed by atoms with E-state index in [1.807, 2.05) is 24.3 Å². The van der Waals surface area contributed by atoms with Crippen LogP contribution < -0.4 is 10.1 Å². The minimum atomic E-state index is -0.393. The number of hydrogen-bond donors (Lipinski definition) is 1. The third kappa shape index (κ3) is 5.16. The van der Waals surface area contributed by atoms with Crippen molar-refractivity contribution in [3.63, 3.8) is 0 Å². The molecule has 2 unspecified atom stereocenters. The molecule has 160 valence electrons. The van der Waals surface area contributed by atoms with E-state index in [-0.39, 0.29) is 23.7 Å². The highest BCUT2D eigenvalue weighted by molar-refractivity contribution is 5.95. The zero-order valence-corrected chi connectivity index (χ0v) is 17.3. The van der Waals surface area contributed by atoms with Crippen molar-refractivity contribution in [2.24, 2.45) is 5.92 Å². The smallest absolute Gasteiger partial charge is 0.253 e. The lowest BCUT2D eigenvalue weighted by Gasteiger charge is -2.18. The van der Waals surface area contributed by atoms with Crippen LogP contribution >= 0.6 is 0 Å². The molecule has 1 fully saturated rings. The van der Waals surface area contributed by atoms with Crippen LogP contribution in [0.3, 0.4) is 0 Å². The normalized spacial score (nSPS) is 18.3. The van der Waals surface area contributed by atoms with E-state index in [0.717, 1.165) is 12.0 Å². The Morgan fingerprint density at radius 2 is 1.90 bits per heavy atom. The predicted octanol–water partition coefficient (Wildman–Crippen LogP) is 2.84. The zero-order valence-electron chi connectivity index (χ0n) is 17.3. The maximum Gasteiger partial charge on any atom is 0.253 e. The summed E-state index contributed by atoms with van der Waals surface area (Å²) in [5.41, 5.74) is 1.35. The molecular formula is C23H27FN2O4. The maximum absolute atomic E-state index is 13.2. The third-order valence-electron chi connectivity index (χ3n) is 5.38. The number of carbonyl (C=O) groups excluding carboxylic acids is 2. The highest BCUT2D eigenvalue weighted by Crippen LogP contribution is 2.35. The first-order valence-electron chi connectivity index (χ1n) is 9.99. The van der Waals surface area contributed by atoms with Gasteiger partial charge in [0.25, 0.3) is 5.91 Å². The minimum Gasteiger partial charge on any atom is -0.497 e. The van der Waals surface area contributed by atoms with Gasteiger partial charge in [0.2, 0.25) is 5.91 Å². The van der Waals surface area contributed by atoms with Gasteiger partial charge in [0.1, 0.15) is 11.6 Å². The van der Waals surface area contributed by atoms with Crippen LogP contribution in [0.4, 0.5) is 4.39 Å². The lowest BCUT2D eigenvalue weighted by molar-refractivity contribution is -0.124. The summed E-state index contributed by atoms with van der Waals surface area (Å²) in [5.74, 6) is -0.535. The number of amides is 2. The lowest BCUT2D eigenvalue weighted by atomic mass is 9.88. The molecule has 1 aliphatic heterocycles. The van der Waals surface area contributed by atoms with E-state index < -0.39 is 5.82 Å². The summed E-state index contributed by atoms with van der Waals surface area (Å²) in [7, 11) is 3.22. The molecule has 1 N–H and O–H groups in total. The minimum absolute atomic E-state index is 0.0895. The molecule has 1 heterocycles. The first kappa shape index (κ1) is 21.8. The van der Waals surface area contributed by atoms with Crippen LogP contribution in [-0.2, 0) is 9.53 Å². The molecule has 2 amide bonds. The Bertz CT molecular complexity index is 872. The molecule has 0 bridgehead atoms. The Morgan fingerprint density at radius 1 is 1.13 bits per heavy atom. The molecule has 2 aromatic carbocycles. The van der Waals surface area contributed by atoms with Gasteiger partial charge in [-0.15, -0.1) is 0 Å². The van der Waals surface area contributed by atoms with Crippen LogP contribution in [0, 0.1) is 11.7 Å². The second-order valence-electron chi connectivity index (χ2n) is 7.34. The van der Waals surface area contributed by atoms with Gasteiger partial charge in [-0.2, -0.15) is 0 Å². The van der Waals surface area contributed by atoms with Gasteiger partial charge in [-0.1, -0.05) is 12.1 Å². The van der Waals surface area contributed by atoms with Gasteiger partial charge in [0, 0.05) is 44.8 Å². The number of rotatable bonds is 8. The molecule has 7 heteroatoms. The summed E-state index contributed by atoms with van der Waals surface area (Å²) in [6.07, 6.45) is 0.719. The summed E-state index contributed by atoms with van der Waals surface area (Å²) in [6.45, 7) is 1.78. The number of likely N-dealkylation sites (tertiary alicyclic amines) is 1. The van der Waals surface area contributed by atoms with E-state index in [1.54, 1.807) is 19.1 Å². The number of nitrogens with one attached hydrogen (secondary N) is 1. The van der Waals surface area contributed by atoms with Crippen molar-refractivity contribution < 1.29 is 23.5 Å². The van der Waals surface area contributed by atoms with Crippen molar-refractivity contribution >= 4 is 11.8 Å². The molecule has 0 aromatic heterocycles. The van der Waals surface area contributed by atoms with E-state index in [0.29, 0.717) is 37.6 Å². The molecule has 2 atom stereocenters. The van der Waals surface area contributed by atoms with Gasteiger partial charge in [-0.3, -0.25) is 9.59 Å². The first-order valence-corrected chi connectivity index (χ1v) is 9.99. The van der Waals surface area contributed by atoms with Crippen LogP contribution in [0.25, 0.3) is 0 Å². The fourth-order valence-electron chi connectivity index (χ4n) is 3.78. The van der Waals surface area contributed by atoms with Gasteiger partial charge in [-0.05, 0) is 48.4 Å². The number of ether oxygens (including phenoxy) is 2. The summed E-state index contributed by atoms with van der Waals surface area (Å²) >= 11 is 0. The molecule has 1 aliphatic rings. The molecule has 3 rings (SSSR count). The highest BCUT2D eigenvalue weighted by Gasteiger charge is 2.40. The second-order valence-corrected chi connectivity index (χ2v) is 7.34.